The van der Waals surface area contributed by atoms with Crippen LogP contribution in [0.3, 0.4) is 0 Å². The Kier molecular flexibility index (Phi) is 2.12. The van der Waals surface area contributed by atoms with E-state index in [2.05, 4.69) is 21.5 Å². The molecule has 0 aliphatic heterocycles. The summed E-state index contributed by atoms with van der Waals surface area (Å²) in [4.78, 5) is 7.73. The number of aromatic nitrogens is 3. The Balaban J connectivity index is 2.26. The number of aromatic amines is 1. The van der Waals surface area contributed by atoms with Gasteiger partial charge < -0.3 is 10.3 Å². The lowest BCUT2D eigenvalue weighted by Crippen LogP contribution is -2.04. The van der Waals surface area contributed by atoms with Crippen LogP contribution in [0.5, 0.6) is 0 Å². The van der Waals surface area contributed by atoms with Crippen LogP contribution in [0.4, 0.5) is 0 Å². The quantitative estimate of drug-likeness (QED) is 0.714. The molecule has 1 aromatic carbocycles. The summed E-state index contributed by atoms with van der Waals surface area (Å²) >= 11 is 5.92. The third-order valence-electron chi connectivity index (χ3n) is 2.58. The highest BCUT2D eigenvalue weighted by Gasteiger charge is 2.07. The molecule has 2 heterocycles. The first kappa shape index (κ1) is 9.69. The number of benzene rings is 1. The van der Waals surface area contributed by atoms with E-state index in [1.165, 1.54) is 0 Å². The summed E-state index contributed by atoms with van der Waals surface area (Å²) in [6, 6.07) is 5.73. The van der Waals surface area contributed by atoms with Crippen LogP contribution in [0.25, 0.3) is 16.8 Å². The molecule has 0 radical (unpaired) electrons. The third kappa shape index (κ3) is 1.38. The number of H-pyrrole nitrogens is 1. The minimum atomic E-state index is 0.712. The van der Waals surface area contributed by atoms with Gasteiger partial charge in [-0.3, -0.25) is 4.40 Å². The highest BCUT2D eigenvalue weighted by Crippen LogP contribution is 2.20. The van der Waals surface area contributed by atoms with Crippen LogP contribution in [0.1, 0.15) is 5.69 Å². The normalized spacial score (nSPS) is 11.6. The molecule has 0 saturated heterocycles. The standard InChI is InChI=1S/C11H11ClN4/c1-13-5-8-6-16-10-3-2-7(12)4-9(10)15-11(16)14-8/h2-4,6,13H,5H2,1H3,(H,14,15). The van der Waals surface area contributed by atoms with Crippen molar-refractivity contribution in [1.82, 2.24) is 19.7 Å². The van der Waals surface area contributed by atoms with E-state index in [0.29, 0.717) is 5.02 Å². The predicted octanol–water partition coefficient (Wildman–Crippen LogP) is 2.19. The second kappa shape index (κ2) is 3.50. The summed E-state index contributed by atoms with van der Waals surface area (Å²) in [5.41, 5.74) is 3.09. The topological polar surface area (TPSA) is 45.1 Å². The molecule has 0 unspecified atom stereocenters. The van der Waals surface area contributed by atoms with Crippen LogP contribution < -0.4 is 5.32 Å². The summed E-state index contributed by atoms with van der Waals surface area (Å²) in [5.74, 6) is 0.850. The average molecular weight is 235 g/mol. The zero-order chi connectivity index (χ0) is 11.1. The van der Waals surface area contributed by atoms with Gasteiger partial charge in [-0.2, -0.15) is 0 Å². The van der Waals surface area contributed by atoms with E-state index < -0.39 is 0 Å². The average Bonchev–Trinajstić information content (AvgIpc) is 2.74. The lowest BCUT2D eigenvalue weighted by Gasteiger charge is -1.93. The Morgan fingerprint density at radius 2 is 2.38 bits per heavy atom. The Bertz CT molecular complexity index is 652. The molecule has 3 aromatic rings. The molecule has 2 aromatic heterocycles. The SMILES string of the molecule is CNCc1cn2c(nc3cc(Cl)ccc32)[nH]1. The number of hydrogen-bond acceptors (Lipinski definition) is 2. The van der Waals surface area contributed by atoms with Crippen molar-refractivity contribution in [2.45, 2.75) is 6.54 Å². The van der Waals surface area contributed by atoms with Gasteiger partial charge >= 0.3 is 0 Å². The first-order valence-electron chi connectivity index (χ1n) is 5.08. The molecule has 0 spiro atoms. The summed E-state index contributed by atoms with van der Waals surface area (Å²) in [5, 5.41) is 3.81. The maximum absolute atomic E-state index is 5.92. The van der Waals surface area contributed by atoms with Gasteiger partial charge in [-0.05, 0) is 25.2 Å². The van der Waals surface area contributed by atoms with Crippen molar-refractivity contribution in [1.29, 1.82) is 0 Å². The lowest BCUT2D eigenvalue weighted by atomic mass is 10.3. The predicted molar refractivity (Wildman–Crippen MR) is 64.8 cm³/mol. The van der Waals surface area contributed by atoms with E-state index >= 15 is 0 Å². The van der Waals surface area contributed by atoms with Gasteiger partial charge in [0.2, 0.25) is 5.78 Å². The van der Waals surface area contributed by atoms with E-state index in [0.717, 1.165) is 29.0 Å². The Morgan fingerprint density at radius 1 is 1.50 bits per heavy atom. The van der Waals surface area contributed by atoms with Crippen molar-refractivity contribution in [3.8, 4) is 0 Å². The number of hydrogen-bond donors (Lipinski definition) is 2. The second-order valence-corrected chi connectivity index (χ2v) is 4.18. The monoisotopic (exact) mass is 234 g/mol. The van der Waals surface area contributed by atoms with Crippen molar-refractivity contribution >= 4 is 28.4 Å². The minimum absolute atomic E-state index is 0.712. The number of nitrogens with one attached hydrogen (secondary N) is 2. The van der Waals surface area contributed by atoms with Crippen LogP contribution in [0.2, 0.25) is 5.02 Å². The summed E-state index contributed by atoms with van der Waals surface area (Å²) in [7, 11) is 1.92. The zero-order valence-electron chi connectivity index (χ0n) is 8.79. The van der Waals surface area contributed by atoms with Gasteiger partial charge in [-0.15, -0.1) is 0 Å². The maximum Gasteiger partial charge on any atom is 0.212 e. The van der Waals surface area contributed by atoms with Gasteiger partial charge in [-0.25, -0.2) is 4.98 Å². The fourth-order valence-corrected chi connectivity index (χ4v) is 2.07. The highest BCUT2D eigenvalue weighted by molar-refractivity contribution is 6.31. The van der Waals surface area contributed by atoms with E-state index in [1.54, 1.807) is 0 Å². The van der Waals surface area contributed by atoms with Crippen molar-refractivity contribution in [2.75, 3.05) is 7.05 Å². The molecule has 5 heteroatoms. The molecule has 3 rings (SSSR count). The molecule has 0 aliphatic rings. The van der Waals surface area contributed by atoms with Crippen LogP contribution in [0, 0.1) is 0 Å². The van der Waals surface area contributed by atoms with Crippen LogP contribution >= 0.6 is 11.6 Å². The molecule has 0 fully saturated rings. The molecule has 82 valence electrons. The van der Waals surface area contributed by atoms with Gasteiger partial charge in [-0.1, -0.05) is 11.6 Å². The van der Waals surface area contributed by atoms with E-state index in [4.69, 9.17) is 11.6 Å². The van der Waals surface area contributed by atoms with Gasteiger partial charge in [0, 0.05) is 23.5 Å². The van der Waals surface area contributed by atoms with E-state index in [-0.39, 0.29) is 0 Å². The molecule has 0 atom stereocenters. The zero-order valence-corrected chi connectivity index (χ0v) is 9.54. The lowest BCUT2D eigenvalue weighted by molar-refractivity contribution is 0.797. The second-order valence-electron chi connectivity index (χ2n) is 3.75. The number of fused-ring (bicyclic) bond motifs is 3. The maximum atomic E-state index is 5.92. The molecular weight excluding hydrogens is 224 g/mol. The first-order valence-corrected chi connectivity index (χ1v) is 5.45. The third-order valence-corrected chi connectivity index (χ3v) is 2.81. The number of imidazole rings is 2. The van der Waals surface area contributed by atoms with E-state index in [9.17, 15) is 0 Å². The highest BCUT2D eigenvalue weighted by atomic mass is 35.5. The largest absolute Gasteiger partial charge is 0.326 e. The summed E-state index contributed by atoms with van der Waals surface area (Å²) in [6.45, 7) is 0.804. The molecular formula is C11H11ClN4. The summed E-state index contributed by atoms with van der Waals surface area (Å²) in [6.07, 6.45) is 2.05. The van der Waals surface area contributed by atoms with Crippen LogP contribution in [0.15, 0.2) is 24.4 Å². The number of halogens is 1. The van der Waals surface area contributed by atoms with Crippen molar-refractivity contribution in [2.24, 2.45) is 0 Å². The fraction of sp³-hybridized carbons (Fsp3) is 0.182. The summed E-state index contributed by atoms with van der Waals surface area (Å²) < 4.78 is 2.04. The Labute approximate surface area is 97.2 Å². The Hall–Kier alpha value is -1.52. The number of nitrogens with zero attached hydrogens (tertiary/aromatic N) is 2. The van der Waals surface area contributed by atoms with Crippen molar-refractivity contribution in [3.05, 3.63) is 35.1 Å². The molecule has 0 bridgehead atoms. The van der Waals surface area contributed by atoms with Crippen LogP contribution in [-0.4, -0.2) is 21.4 Å². The van der Waals surface area contributed by atoms with Gasteiger partial charge in [0.05, 0.1) is 11.0 Å². The van der Waals surface area contributed by atoms with Crippen molar-refractivity contribution in [3.63, 3.8) is 0 Å². The first-order chi connectivity index (χ1) is 7.78. The minimum Gasteiger partial charge on any atom is -0.326 e. The van der Waals surface area contributed by atoms with E-state index in [1.807, 2.05) is 29.6 Å². The van der Waals surface area contributed by atoms with Crippen LogP contribution in [-0.2, 0) is 6.54 Å². The van der Waals surface area contributed by atoms with Gasteiger partial charge in [0.1, 0.15) is 0 Å². The molecule has 16 heavy (non-hydrogen) atoms. The van der Waals surface area contributed by atoms with Crippen molar-refractivity contribution < 1.29 is 0 Å². The fourth-order valence-electron chi connectivity index (χ4n) is 1.90. The number of rotatable bonds is 2. The molecule has 0 amide bonds. The Morgan fingerprint density at radius 3 is 3.19 bits per heavy atom. The van der Waals surface area contributed by atoms with Gasteiger partial charge in [0.15, 0.2) is 0 Å². The van der Waals surface area contributed by atoms with Gasteiger partial charge in [0.25, 0.3) is 0 Å². The smallest absolute Gasteiger partial charge is 0.212 e. The molecule has 2 N–H and O–H groups in total. The molecule has 4 nitrogen and oxygen atoms in total. The molecule has 0 saturated carbocycles. The molecule has 0 aliphatic carbocycles.